The molecule has 0 saturated carbocycles. The highest BCUT2D eigenvalue weighted by atomic mass is 16.6. The molecule has 1 aromatic carbocycles. The van der Waals surface area contributed by atoms with Crippen LogP contribution in [0.2, 0.25) is 0 Å². The topological polar surface area (TPSA) is 58.9 Å². The van der Waals surface area contributed by atoms with E-state index in [9.17, 15) is 10.1 Å². The van der Waals surface area contributed by atoms with Crippen LogP contribution < -0.4 is 9.64 Å². The van der Waals surface area contributed by atoms with Gasteiger partial charge in [-0.05, 0) is 26.0 Å². The fourth-order valence-corrected chi connectivity index (χ4v) is 2.92. The lowest BCUT2D eigenvalue weighted by atomic mass is 10.0. The van der Waals surface area contributed by atoms with Gasteiger partial charge >= 0.3 is 5.69 Å². The van der Waals surface area contributed by atoms with Crippen LogP contribution in [0, 0.1) is 10.1 Å². The van der Waals surface area contributed by atoms with Crippen LogP contribution in [-0.4, -0.2) is 49.7 Å². The summed E-state index contributed by atoms with van der Waals surface area (Å²) in [4.78, 5) is 15.4. The van der Waals surface area contributed by atoms with Crippen molar-refractivity contribution in [1.29, 1.82) is 0 Å². The first kappa shape index (κ1) is 13.2. The van der Waals surface area contributed by atoms with E-state index in [1.165, 1.54) is 0 Å². The van der Waals surface area contributed by atoms with Crippen LogP contribution in [0.5, 0.6) is 5.75 Å². The summed E-state index contributed by atoms with van der Waals surface area (Å²) in [6, 6.07) is 3.47. The molecule has 1 aromatic rings. The Balaban J connectivity index is 1.97. The van der Waals surface area contributed by atoms with Crippen LogP contribution in [0.4, 0.5) is 11.4 Å². The molecule has 0 unspecified atom stereocenters. The molecular formula is C14H19N3O3. The third-order valence-electron chi connectivity index (χ3n) is 4.07. The van der Waals surface area contributed by atoms with Gasteiger partial charge in [0.05, 0.1) is 11.5 Å². The average molecular weight is 277 g/mol. The zero-order valence-corrected chi connectivity index (χ0v) is 11.7. The van der Waals surface area contributed by atoms with Crippen molar-refractivity contribution in [3.05, 3.63) is 27.8 Å². The Bertz CT molecular complexity index is 525. The van der Waals surface area contributed by atoms with E-state index in [2.05, 4.69) is 16.8 Å². The highest BCUT2D eigenvalue weighted by Crippen LogP contribution is 2.40. The number of nitro benzene ring substituents is 1. The number of nitrogens with zero attached hydrogens (tertiary/aromatic N) is 3. The van der Waals surface area contributed by atoms with E-state index in [0.29, 0.717) is 12.4 Å². The number of anilines is 1. The van der Waals surface area contributed by atoms with Gasteiger partial charge in [0.2, 0.25) is 5.75 Å². The molecule has 0 aromatic heterocycles. The Morgan fingerprint density at radius 3 is 2.70 bits per heavy atom. The number of piperazine rings is 1. The van der Waals surface area contributed by atoms with Crippen LogP contribution in [0.1, 0.15) is 12.0 Å². The van der Waals surface area contributed by atoms with Gasteiger partial charge in [-0.15, -0.1) is 0 Å². The van der Waals surface area contributed by atoms with Crippen molar-refractivity contribution >= 4 is 11.4 Å². The fourth-order valence-electron chi connectivity index (χ4n) is 2.92. The third kappa shape index (κ3) is 2.31. The van der Waals surface area contributed by atoms with Gasteiger partial charge < -0.3 is 14.5 Å². The normalized spacial score (nSPS) is 19.4. The van der Waals surface area contributed by atoms with Crippen molar-refractivity contribution in [2.75, 3.05) is 44.7 Å². The summed E-state index contributed by atoms with van der Waals surface area (Å²) in [6.45, 7) is 4.53. The van der Waals surface area contributed by atoms with Gasteiger partial charge in [-0.2, -0.15) is 0 Å². The van der Waals surface area contributed by atoms with Gasteiger partial charge in [-0.25, -0.2) is 0 Å². The summed E-state index contributed by atoms with van der Waals surface area (Å²) in [6.07, 6.45) is 1.79. The molecule has 1 fully saturated rings. The predicted molar refractivity (Wildman–Crippen MR) is 76.6 cm³/mol. The zero-order chi connectivity index (χ0) is 14.1. The van der Waals surface area contributed by atoms with E-state index >= 15 is 0 Å². The van der Waals surface area contributed by atoms with E-state index in [4.69, 9.17) is 4.74 Å². The molecule has 6 nitrogen and oxygen atoms in total. The van der Waals surface area contributed by atoms with Crippen LogP contribution in [0.25, 0.3) is 0 Å². The average Bonchev–Trinajstić information content (AvgIpc) is 2.47. The van der Waals surface area contributed by atoms with Gasteiger partial charge in [0, 0.05) is 43.5 Å². The number of hydrogen-bond donors (Lipinski definition) is 0. The van der Waals surface area contributed by atoms with Gasteiger partial charge in [0.25, 0.3) is 0 Å². The number of likely N-dealkylation sites (N-methyl/N-ethyl adjacent to an activating group) is 1. The molecular weight excluding hydrogens is 258 g/mol. The molecule has 0 bridgehead atoms. The summed E-state index contributed by atoms with van der Waals surface area (Å²) < 4.78 is 5.59. The summed E-state index contributed by atoms with van der Waals surface area (Å²) in [5, 5.41) is 11.1. The molecule has 0 N–H and O–H groups in total. The van der Waals surface area contributed by atoms with E-state index in [-0.39, 0.29) is 10.6 Å². The van der Waals surface area contributed by atoms with Gasteiger partial charge in [0.1, 0.15) is 0 Å². The van der Waals surface area contributed by atoms with Crippen molar-refractivity contribution < 1.29 is 9.66 Å². The molecule has 6 heteroatoms. The van der Waals surface area contributed by atoms with Crippen molar-refractivity contribution in [3.8, 4) is 5.75 Å². The summed E-state index contributed by atoms with van der Waals surface area (Å²) in [5.74, 6) is 0.484. The van der Waals surface area contributed by atoms with E-state index < -0.39 is 0 Å². The minimum absolute atomic E-state index is 0.0950. The summed E-state index contributed by atoms with van der Waals surface area (Å²) in [7, 11) is 2.12. The van der Waals surface area contributed by atoms with E-state index in [0.717, 1.165) is 50.3 Å². The lowest BCUT2D eigenvalue weighted by Gasteiger charge is -2.36. The van der Waals surface area contributed by atoms with Gasteiger partial charge in [-0.3, -0.25) is 10.1 Å². The monoisotopic (exact) mass is 277 g/mol. The first-order valence-corrected chi connectivity index (χ1v) is 7.03. The highest BCUT2D eigenvalue weighted by molar-refractivity contribution is 5.67. The molecule has 108 valence electrons. The molecule has 2 aliphatic rings. The Morgan fingerprint density at radius 2 is 2.00 bits per heavy atom. The number of fused-ring (bicyclic) bond motifs is 1. The second-order valence-corrected chi connectivity index (χ2v) is 5.41. The van der Waals surface area contributed by atoms with Crippen LogP contribution in [0.15, 0.2) is 12.1 Å². The Labute approximate surface area is 118 Å². The minimum Gasteiger partial charge on any atom is -0.487 e. The maximum atomic E-state index is 11.1. The highest BCUT2D eigenvalue weighted by Gasteiger charge is 2.27. The molecule has 0 amide bonds. The molecule has 0 spiro atoms. The second kappa shape index (κ2) is 5.28. The summed E-state index contributed by atoms with van der Waals surface area (Å²) in [5.41, 5.74) is 2.21. The molecule has 2 heterocycles. The summed E-state index contributed by atoms with van der Waals surface area (Å²) >= 11 is 0. The maximum Gasteiger partial charge on any atom is 0.311 e. The fraction of sp³-hybridized carbons (Fsp3) is 0.571. The van der Waals surface area contributed by atoms with Crippen molar-refractivity contribution in [3.63, 3.8) is 0 Å². The Hall–Kier alpha value is -1.82. The molecule has 0 radical (unpaired) electrons. The van der Waals surface area contributed by atoms with Crippen LogP contribution in [0.3, 0.4) is 0 Å². The maximum absolute atomic E-state index is 11.1. The van der Waals surface area contributed by atoms with Crippen LogP contribution >= 0.6 is 0 Å². The number of rotatable bonds is 2. The smallest absolute Gasteiger partial charge is 0.311 e. The van der Waals surface area contributed by atoms with Crippen molar-refractivity contribution in [1.82, 2.24) is 4.90 Å². The second-order valence-electron chi connectivity index (χ2n) is 5.41. The molecule has 3 rings (SSSR count). The first-order chi connectivity index (χ1) is 9.66. The van der Waals surface area contributed by atoms with Gasteiger partial charge in [-0.1, -0.05) is 0 Å². The largest absolute Gasteiger partial charge is 0.487 e. The van der Waals surface area contributed by atoms with Crippen LogP contribution in [-0.2, 0) is 6.42 Å². The predicted octanol–water partition coefficient (Wildman–Crippen LogP) is 1.67. The van der Waals surface area contributed by atoms with Crippen molar-refractivity contribution in [2.24, 2.45) is 0 Å². The number of benzene rings is 1. The number of nitro groups is 1. The Morgan fingerprint density at radius 1 is 1.25 bits per heavy atom. The first-order valence-electron chi connectivity index (χ1n) is 7.03. The third-order valence-corrected chi connectivity index (χ3v) is 4.07. The zero-order valence-electron chi connectivity index (χ0n) is 11.7. The standard InChI is InChI=1S/C14H19N3O3/c1-15-6-8-16(9-7-15)12-4-5-13(17(18)19)14-11(12)3-2-10-20-14/h4-5H,2-3,6-10H2,1H3. The molecule has 20 heavy (non-hydrogen) atoms. The van der Waals surface area contributed by atoms with E-state index in [1.807, 2.05) is 6.07 Å². The quantitative estimate of drug-likeness (QED) is 0.608. The molecule has 0 atom stereocenters. The SMILES string of the molecule is CN1CCN(c2ccc([N+](=O)[O-])c3c2CCCO3)CC1. The molecule has 1 saturated heterocycles. The minimum atomic E-state index is -0.349. The number of ether oxygens (including phenoxy) is 1. The Kier molecular flexibility index (Phi) is 3.48. The van der Waals surface area contributed by atoms with Gasteiger partial charge in [0.15, 0.2) is 0 Å². The van der Waals surface area contributed by atoms with E-state index in [1.54, 1.807) is 6.07 Å². The lowest BCUT2D eigenvalue weighted by molar-refractivity contribution is -0.386. The van der Waals surface area contributed by atoms with Crippen molar-refractivity contribution in [2.45, 2.75) is 12.8 Å². The molecule has 0 aliphatic carbocycles. The number of hydrogen-bond acceptors (Lipinski definition) is 5. The lowest BCUT2D eigenvalue weighted by Crippen LogP contribution is -2.45. The molecule has 2 aliphatic heterocycles.